The van der Waals surface area contributed by atoms with Crippen molar-refractivity contribution in [3.8, 4) is 39.5 Å². The molecule has 2 aromatic carbocycles. The molecule has 4 aliphatic rings. The van der Waals surface area contributed by atoms with Gasteiger partial charge >= 0.3 is 12.2 Å². The van der Waals surface area contributed by atoms with Crippen LogP contribution in [0.3, 0.4) is 0 Å². The number of methoxy groups -OCH3 is 2. The lowest BCUT2D eigenvalue weighted by molar-refractivity contribution is -0.136. The van der Waals surface area contributed by atoms with E-state index in [4.69, 9.17) is 29.2 Å². The number of H-pyrrole nitrogens is 2. The third-order valence-corrected chi connectivity index (χ3v) is 15.6. The summed E-state index contributed by atoms with van der Waals surface area (Å²) >= 11 is 1.73. The minimum absolute atomic E-state index is 0.130. The highest BCUT2D eigenvalue weighted by molar-refractivity contribution is 7.11. The molecule has 2 saturated heterocycles. The molecular weight excluding hydrogens is 897 g/mol. The molecule has 1 unspecified atom stereocenters. The molecule has 362 valence electrons. The van der Waals surface area contributed by atoms with Crippen molar-refractivity contribution in [2.45, 2.75) is 116 Å². The molecule has 0 spiro atoms. The van der Waals surface area contributed by atoms with Crippen LogP contribution in [-0.4, -0.2) is 103 Å². The molecule has 3 fully saturated rings. The van der Waals surface area contributed by atoms with Crippen molar-refractivity contribution in [3.63, 3.8) is 0 Å². The van der Waals surface area contributed by atoms with E-state index >= 15 is 0 Å². The number of rotatable bonds is 12. The van der Waals surface area contributed by atoms with E-state index < -0.39 is 30.5 Å². The number of benzene rings is 2. The predicted octanol–water partition coefficient (Wildman–Crippen LogP) is 9.15. The van der Waals surface area contributed by atoms with Crippen molar-refractivity contribution in [2.24, 2.45) is 11.8 Å². The first-order valence-electron chi connectivity index (χ1n) is 24.1. The first-order chi connectivity index (χ1) is 33.3. The molecule has 18 heteroatoms. The van der Waals surface area contributed by atoms with E-state index in [1.165, 1.54) is 20.6 Å². The molecule has 69 heavy (non-hydrogen) atoms. The Morgan fingerprint density at radius 3 is 1.88 bits per heavy atom. The first kappa shape index (κ1) is 46.1. The van der Waals surface area contributed by atoms with Crippen LogP contribution >= 0.6 is 11.3 Å². The molecule has 7 heterocycles. The van der Waals surface area contributed by atoms with Gasteiger partial charge in [0.25, 0.3) is 0 Å². The largest absolute Gasteiger partial charge is 0.464 e. The smallest absolute Gasteiger partial charge is 0.407 e. The SMILES string of the molecule is COC(=O)N[C@H](C(=O)N1CCC[C@H]1c1ncc(-c2cc(C)c3c(c2)OC(c2cnc(C4CCC4)s2)n2c-3cc3cc(-c4cnc([C@@H]5CCCN5C(=O)[C@@H](NC(=O)OC)C(C)C)[nH]4)ccc32)[nH]1)C(C)C. The minimum atomic E-state index is -0.723. The number of aromatic amines is 2. The number of ether oxygens (including phenoxy) is 3. The van der Waals surface area contributed by atoms with E-state index in [0.717, 1.165) is 104 Å². The molecule has 0 radical (unpaired) electrons. The summed E-state index contributed by atoms with van der Waals surface area (Å²) in [5, 5.41) is 7.65. The second-order valence-electron chi connectivity index (χ2n) is 19.5. The molecule has 4 amide bonds. The lowest BCUT2D eigenvalue weighted by Gasteiger charge is -2.30. The standard InChI is InChI=1S/C51H60N10O7S/c1-26(2)42(57-50(64)66-6)47(62)59-17-9-13-36(59)44-52-23-33(55-44)30-15-16-35-32(20-30)21-38-41-28(5)19-31(22-39(41)68-49(61(35)38)40-25-54-46(69-40)29-11-8-12-29)34-24-53-45(56-34)37-14-10-18-60(37)48(63)43(27(3)4)58-51(65)67-7/h15-16,19-27,29,36-37,42-43,49H,8-14,17-18H2,1-7H3,(H,52,55)(H,53,56)(H,57,64)(H,58,65)/t36-,37-,42-,43-,49?/m0/s1. The highest BCUT2D eigenvalue weighted by Crippen LogP contribution is 2.49. The van der Waals surface area contributed by atoms with Gasteiger partial charge in [-0.15, -0.1) is 11.3 Å². The van der Waals surface area contributed by atoms with Crippen LogP contribution < -0.4 is 15.4 Å². The average molecular weight is 957 g/mol. The summed E-state index contributed by atoms with van der Waals surface area (Å²) < 4.78 is 19.1. The Labute approximate surface area is 404 Å². The normalized spacial score (nSPS) is 19.8. The Kier molecular flexibility index (Phi) is 12.5. The van der Waals surface area contributed by atoms with Gasteiger partial charge in [-0.25, -0.2) is 24.5 Å². The number of carbonyl (C=O) groups excluding carboxylic acids is 4. The number of fused-ring (bicyclic) bond motifs is 5. The molecule has 6 aromatic rings. The van der Waals surface area contributed by atoms with Crippen LogP contribution in [0, 0.1) is 18.8 Å². The summed E-state index contributed by atoms with van der Waals surface area (Å²) in [7, 11) is 2.59. The molecule has 4 aromatic heterocycles. The number of aromatic nitrogens is 6. The third kappa shape index (κ3) is 8.50. The highest BCUT2D eigenvalue weighted by Gasteiger charge is 2.40. The number of thiazole rings is 1. The van der Waals surface area contributed by atoms with Gasteiger partial charge in [0, 0.05) is 47.3 Å². The van der Waals surface area contributed by atoms with Gasteiger partial charge in [-0.1, -0.05) is 40.2 Å². The second-order valence-corrected chi connectivity index (χ2v) is 20.6. The molecule has 1 aliphatic carbocycles. The fourth-order valence-corrected chi connectivity index (χ4v) is 11.6. The van der Waals surface area contributed by atoms with Gasteiger partial charge in [0.05, 0.1) is 71.2 Å². The Balaban J connectivity index is 0.968. The Bertz CT molecular complexity index is 2930. The average Bonchev–Trinajstić information content (AvgIpc) is 4.18. The van der Waals surface area contributed by atoms with Gasteiger partial charge in [0.2, 0.25) is 18.0 Å². The van der Waals surface area contributed by atoms with Crippen molar-refractivity contribution in [1.29, 1.82) is 0 Å². The molecule has 0 bridgehead atoms. The summed E-state index contributed by atoms with van der Waals surface area (Å²) in [6, 6.07) is 10.9. The fraction of sp³-hybridized carbons (Fsp3) is 0.471. The zero-order chi connectivity index (χ0) is 48.2. The molecule has 3 aliphatic heterocycles. The summed E-state index contributed by atoms with van der Waals surface area (Å²) in [5.41, 5.74) is 7.60. The zero-order valence-corrected chi connectivity index (χ0v) is 40.9. The number of aryl methyl sites for hydroxylation is 1. The number of hydrogen-bond donors (Lipinski definition) is 4. The van der Waals surface area contributed by atoms with Crippen molar-refractivity contribution >= 4 is 46.2 Å². The number of imidazole rings is 2. The minimum Gasteiger partial charge on any atom is -0.464 e. The number of nitrogens with zero attached hydrogens (tertiary/aromatic N) is 6. The van der Waals surface area contributed by atoms with E-state index in [-0.39, 0.29) is 35.7 Å². The van der Waals surface area contributed by atoms with E-state index in [2.05, 4.69) is 68.5 Å². The Morgan fingerprint density at radius 1 is 0.739 bits per heavy atom. The summed E-state index contributed by atoms with van der Waals surface area (Å²) in [6.07, 6.45) is 10.6. The van der Waals surface area contributed by atoms with Gasteiger partial charge in [0.15, 0.2) is 0 Å². The molecule has 10 rings (SSSR count). The lowest BCUT2D eigenvalue weighted by atomic mass is 9.86. The zero-order valence-electron chi connectivity index (χ0n) is 40.1. The van der Waals surface area contributed by atoms with Crippen LogP contribution in [0.25, 0.3) is 44.7 Å². The second kappa shape index (κ2) is 18.7. The van der Waals surface area contributed by atoms with Gasteiger partial charge in [-0.3, -0.25) is 14.2 Å². The van der Waals surface area contributed by atoms with E-state index in [0.29, 0.717) is 30.7 Å². The van der Waals surface area contributed by atoms with E-state index in [1.54, 1.807) is 11.3 Å². The highest BCUT2D eigenvalue weighted by atomic mass is 32.1. The van der Waals surface area contributed by atoms with Crippen molar-refractivity contribution in [1.82, 2.24) is 49.9 Å². The maximum absolute atomic E-state index is 13.9. The van der Waals surface area contributed by atoms with Crippen molar-refractivity contribution < 1.29 is 33.4 Å². The summed E-state index contributed by atoms with van der Waals surface area (Å²) in [5.74, 6) is 2.07. The van der Waals surface area contributed by atoms with Crippen LogP contribution in [0.4, 0.5) is 9.59 Å². The summed E-state index contributed by atoms with van der Waals surface area (Å²) in [4.78, 5) is 78.4. The van der Waals surface area contributed by atoms with Crippen LogP contribution in [0.2, 0.25) is 0 Å². The van der Waals surface area contributed by atoms with Crippen LogP contribution in [0.5, 0.6) is 5.75 Å². The van der Waals surface area contributed by atoms with Gasteiger partial charge in [-0.05, 0) is 93.2 Å². The number of alkyl carbamates (subject to hydrolysis) is 2. The molecule has 5 atom stereocenters. The van der Waals surface area contributed by atoms with Gasteiger partial charge < -0.3 is 44.6 Å². The van der Waals surface area contributed by atoms with Crippen molar-refractivity contribution in [2.75, 3.05) is 27.3 Å². The Morgan fingerprint density at radius 2 is 1.33 bits per heavy atom. The van der Waals surface area contributed by atoms with Gasteiger partial charge in [-0.2, -0.15) is 0 Å². The maximum atomic E-state index is 13.9. The van der Waals surface area contributed by atoms with Crippen LogP contribution in [-0.2, 0) is 19.1 Å². The third-order valence-electron chi connectivity index (χ3n) is 14.4. The summed E-state index contributed by atoms with van der Waals surface area (Å²) in [6.45, 7) is 10.9. The van der Waals surface area contributed by atoms with Crippen molar-refractivity contribution in [3.05, 3.63) is 82.1 Å². The number of carbonyl (C=O) groups is 4. The van der Waals surface area contributed by atoms with Crippen LogP contribution in [0.1, 0.15) is 124 Å². The quantitative estimate of drug-likeness (QED) is 0.0917. The van der Waals surface area contributed by atoms with E-state index in [1.807, 2.05) is 56.1 Å². The fourth-order valence-electron chi connectivity index (χ4n) is 10.5. The first-order valence-corrected chi connectivity index (χ1v) is 25.0. The Hall–Kier alpha value is -6.69. The molecular formula is C51H60N10O7S. The molecule has 17 nitrogen and oxygen atoms in total. The number of likely N-dealkylation sites (tertiary alicyclic amines) is 2. The maximum Gasteiger partial charge on any atom is 0.407 e. The predicted molar refractivity (Wildman–Crippen MR) is 260 cm³/mol. The van der Waals surface area contributed by atoms with E-state index in [9.17, 15) is 19.2 Å². The van der Waals surface area contributed by atoms with Crippen LogP contribution in [0.15, 0.2) is 55.0 Å². The monoisotopic (exact) mass is 956 g/mol. The lowest BCUT2D eigenvalue weighted by Crippen LogP contribution is -2.51. The number of hydrogen-bond acceptors (Lipinski definition) is 11. The topological polar surface area (TPSA) is 202 Å². The molecule has 4 N–H and O–H groups in total. The molecule has 1 saturated carbocycles. The van der Waals surface area contributed by atoms with Gasteiger partial charge in [0.1, 0.15) is 29.5 Å². The number of amides is 4. The number of nitrogens with one attached hydrogen (secondary N) is 4.